The molecular formula is C9H20N2O2. The highest BCUT2D eigenvalue weighted by molar-refractivity contribution is 5.75. The zero-order chi connectivity index (χ0) is 10.1. The first kappa shape index (κ1) is 12.4. The van der Waals surface area contributed by atoms with Crippen molar-refractivity contribution in [2.45, 2.75) is 38.7 Å². The zero-order valence-electron chi connectivity index (χ0n) is 8.25. The summed E-state index contributed by atoms with van der Waals surface area (Å²) >= 11 is 0. The molecule has 4 heteroatoms. The van der Waals surface area contributed by atoms with Crippen LogP contribution in [0.2, 0.25) is 0 Å². The molecule has 4 N–H and O–H groups in total. The van der Waals surface area contributed by atoms with Gasteiger partial charge in [-0.05, 0) is 32.7 Å². The number of amides is 1. The summed E-state index contributed by atoms with van der Waals surface area (Å²) in [4.78, 5) is 11.1. The van der Waals surface area contributed by atoms with Crippen molar-refractivity contribution >= 4 is 5.91 Å². The molecule has 0 aromatic rings. The summed E-state index contributed by atoms with van der Waals surface area (Å²) in [5.74, 6) is 0.0501. The van der Waals surface area contributed by atoms with Gasteiger partial charge < -0.3 is 16.2 Å². The van der Waals surface area contributed by atoms with E-state index in [1.807, 2.05) is 0 Å². The van der Waals surface area contributed by atoms with E-state index in [1.165, 1.54) is 0 Å². The number of aliphatic hydroxyl groups excluding tert-OH is 1. The van der Waals surface area contributed by atoms with E-state index in [1.54, 1.807) is 6.92 Å². The Labute approximate surface area is 79.5 Å². The highest BCUT2D eigenvalue weighted by Crippen LogP contribution is 1.93. The van der Waals surface area contributed by atoms with Crippen LogP contribution >= 0.6 is 0 Å². The van der Waals surface area contributed by atoms with Gasteiger partial charge in [0, 0.05) is 13.0 Å². The summed E-state index contributed by atoms with van der Waals surface area (Å²) < 4.78 is 0. The lowest BCUT2D eigenvalue weighted by Gasteiger charge is -2.06. The molecule has 0 aliphatic heterocycles. The van der Waals surface area contributed by atoms with Gasteiger partial charge in [-0.25, -0.2) is 0 Å². The van der Waals surface area contributed by atoms with Gasteiger partial charge in [-0.15, -0.1) is 0 Å². The molecule has 0 aromatic carbocycles. The molecule has 1 atom stereocenters. The van der Waals surface area contributed by atoms with Gasteiger partial charge in [0.25, 0.3) is 0 Å². The Bertz CT molecular complexity index is 138. The third-order valence-electron chi connectivity index (χ3n) is 1.74. The fourth-order valence-electron chi connectivity index (χ4n) is 0.939. The van der Waals surface area contributed by atoms with Gasteiger partial charge in [0.2, 0.25) is 5.91 Å². The Morgan fingerprint density at radius 1 is 1.54 bits per heavy atom. The Hall–Kier alpha value is -0.610. The second-order valence-electron chi connectivity index (χ2n) is 3.23. The maximum absolute atomic E-state index is 11.1. The molecule has 0 heterocycles. The molecule has 0 aliphatic carbocycles. The number of rotatable bonds is 7. The highest BCUT2D eigenvalue weighted by Gasteiger charge is 2.00. The molecule has 1 unspecified atom stereocenters. The lowest BCUT2D eigenvalue weighted by Crippen LogP contribution is -2.26. The molecule has 0 saturated heterocycles. The topological polar surface area (TPSA) is 75.3 Å². The Kier molecular flexibility index (Phi) is 7.63. The first-order chi connectivity index (χ1) is 6.16. The standard InChI is InChI=1S/C9H20N2O2/c1-8(12)5-7-11-9(13)4-2-3-6-10/h8,12H,2-7,10H2,1H3,(H,11,13). The molecule has 0 spiro atoms. The molecule has 0 saturated carbocycles. The summed E-state index contributed by atoms with van der Waals surface area (Å²) in [6.07, 6.45) is 2.55. The van der Waals surface area contributed by atoms with Crippen LogP contribution in [0.1, 0.15) is 32.6 Å². The minimum atomic E-state index is -0.343. The maximum atomic E-state index is 11.1. The molecule has 0 aliphatic rings. The van der Waals surface area contributed by atoms with E-state index < -0.39 is 0 Å². The lowest BCUT2D eigenvalue weighted by molar-refractivity contribution is -0.121. The van der Waals surface area contributed by atoms with Gasteiger partial charge in [0.15, 0.2) is 0 Å². The summed E-state index contributed by atoms with van der Waals surface area (Å²) in [5.41, 5.74) is 5.29. The molecule has 0 bridgehead atoms. The van der Waals surface area contributed by atoms with Crippen LogP contribution in [0.25, 0.3) is 0 Å². The van der Waals surface area contributed by atoms with Crippen molar-refractivity contribution in [1.29, 1.82) is 0 Å². The summed E-state index contributed by atoms with van der Waals surface area (Å²) in [7, 11) is 0. The number of carbonyl (C=O) groups excluding carboxylic acids is 1. The smallest absolute Gasteiger partial charge is 0.219 e. The van der Waals surface area contributed by atoms with Crippen molar-refractivity contribution in [3.8, 4) is 0 Å². The predicted molar refractivity (Wildman–Crippen MR) is 52.2 cm³/mol. The molecule has 4 nitrogen and oxygen atoms in total. The molecule has 0 aromatic heterocycles. The van der Waals surface area contributed by atoms with Crippen molar-refractivity contribution in [2.75, 3.05) is 13.1 Å². The van der Waals surface area contributed by atoms with E-state index in [9.17, 15) is 4.79 Å². The summed E-state index contributed by atoms with van der Waals surface area (Å²) in [5, 5.41) is 11.6. The minimum Gasteiger partial charge on any atom is -0.393 e. The normalized spacial score (nSPS) is 12.5. The Balaban J connectivity index is 3.20. The van der Waals surface area contributed by atoms with Gasteiger partial charge >= 0.3 is 0 Å². The van der Waals surface area contributed by atoms with E-state index >= 15 is 0 Å². The zero-order valence-corrected chi connectivity index (χ0v) is 8.25. The molecular weight excluding hydrogens is 168 g/mol. The van der Waals surface area contributed by atoms with Crippen LogP contribution in [0.3, 0.4) is 0 Å². The third-order valence-corrected chi connectivity index (χ3v) is 1.74. The van der Waals surface area contributed by atoms with Gasteiger partial charge in [-0.2, -0.15) is 0 Å². The van der Waals surface area contributed by atoms with E-state index in [-0.39, 0.29) is 12.0 Å². The van der Waals surface area contributed by atoms with Gasteiger partial charge in [0.1, 0.15) is 0 Å². The fourth-order valence-corrected chi connectivity index (χ4v) is 0.939. The lowest BCUT2D eigenvalue weighted by atomic mass is 10.2. The van der Waals surface area contributed by atoms with E-state index in [2.05, 4.69) is 5.32 Å². The second-order valence-corrected chi connectivity index (χ2v) is 3.23. The number of hydrogen-bond donors (Lipinski definition) is 3. The predicted octanol–water partition coefficient (Wildman–Crippen LogP) is 0.00250. The number of carbonyl (C=O) groups is 1. The average Bonchev–Trinajstić information content (AvgIpc) is 2.04. The largest absolute Gasteiger partial charge is 0.393 e. The van der Waals surface area contributed by atoms with Crippen molar-refractivity contribution in [3.05, 3.63) is 0 Å². The number of nitrogens with one attached hydrogen (secondary N) is 1. The Morgan fingerprint density at radius 3 is 2.77 bits per heavy atom. The van der Waals surface area contributed by atoms with E-state index in [0.717, 1.165) is 12.8 Å². The van der Waals surface area contributed by atoms with Crippen molar-refractivity contribution < 1.29 is 9.90 Å². The molecule has 0 radical (unpaired) electrons. The van der Waals surface area contributed by atoms with Gasteiger partial charge in [0.05, 0.1) is 6.10 Å². The first-order valence-electron chi connectivity index (χ1n) is 4.81. The Morgan fingerprint density at radius 2 is 2.23 bits per heavy atom. The SMILES string of the molecule is CC(O)CCNC(=O)CCCCN. The summed E-state index contributed by atoms with van der Waals surface area (Å²) in [6.45, 7) is 2.90. The molecule has 0 rings (SSSR count). The quantitative estimate of drug-likeness (QED) is 0.492. The first-order valence-corrected chi connectivity index (χ1v) is 4.81. The van der Waals surface area contributed by atoms with E-state index in [0.29, 0.717) is 25.9 Å². The molecule has 13 heavy (non-hydrogen) atoms. The number of unbranched alkanes of at least 4 members (excludes halogenated alkanes) is 1. The third kappa shape index (κ3) is 9.30. The average molecular weight is 188 g/mol. The van der Waals surface area contributed by atoms with Crippen LogP contribution in [-0.4, -0.2) is 30.2 Å². The number of hydrogen-bond acceptors (Lipinski definition) is 3. The van der Waals surface area contributed by atoms with Gasteiger partial charge in [-0.1, -0.05) is 0 Å². The van der Waals surface area contributed by atoms with Crippen LogP contribution < -0.4 is 11.1 Å². The van der Waals surface area contributed by atoms with Crippen LogP contribution in [0.4, 0.5) is 0 Å². The number of aliphatic hydroxyl groups is 1. The van der Waals surface area contributed by atoms with Crippen LogP contribution in [0.5, 0.6) is 0 Å². The minimum absolute atomic E-state index is 0.0501. The fraction of sp³-hybridized carbons (Fsp3) is 0.889. The maximum Gasteiger partial charge on any atom is 0.219 e. The summed E-state index contributed by atoms with van der Waals surface area (Å²) in [6, 6.07) is 0. The van der Waals surface area contributed by atoms with Gasteiger partial charge in [-0.3, -0.25) is 4.79 Å². The van der Waals surface area contributed by atoms with Crippen LogP contribution in [0.15, 0.2) is 0 Å². The molecule has 0 fully saturated rings. The second kappa shape index (κ2) is 8.01. The van der Waals surface area contributed by atoms with Crippen molar-refractivity contribution in [2.24, 2.45) is 5.73 Å². The van der Waals surface area contributed by atoms with Crippen molar-refractivity contribution in [3.63, 3.8) is 0 Å². The van der Waals surface area contributed by atoms with Crippen LogP contribution in [0, 0.1) is 0 Å². The molecule has 78 valence electrons. The van der Waals surface area contributed by atoms with E-state index in [4.69, 9.17) is 10.8 Å². The van der Waals surface area contributed by atoms with Crippen molar-refractivity contribution in [1.82, 2.24) is 5.32 Å². The monoisotopic (exact) mass is 188 g/mol. The van der Waals surface area contributed by atoms with Crippen LogP contribution in [-0.2, 0) is 4.79 Å². The number of nitrogens with two attached hydrogens (primary N) is 1. The molecule has 1 amide bonds. The highest BCUT2D eigenvalue weighted by atomic mass is 16.3.